The van der Waals surface area contributed by atoms with Crippen LogP contribution in [0.15, 0.2) is 72.9 Å². The molecule has 134 valence electrons. The monoisotopic (exact) mass is 354 g/mol. The molecular formula is C21H20F2N2O. The summed E-state index contributed by atoms with van der Waals surface area (Å²) in [4.78, 5) is 2.32. The van der Waals surface area contributed by atoms with Crippen molar-refractivity contribution in [2.24, 2.45) is 0 Å². The van der Waals surface area contributed by atoms with Gasteiger partial charge >= 0.3 is 6.61 Å². The molecule has 4 rings (SSSR count). The molecule has 0 amide bonds. The van der Waals surface area contributed by atoms with Gasteiger partial charge in [0.15, 0.2) is 0 Å². The van der Waals surface area contributed by atoms with Crippen molar-refractivity contribution in [2.45, 2.75) is 25.7 Å². The van der Waals surface area contributed by atoms with Gasteiger partial charge in [0.05, 0.1) is 6.04 Å². The maximum atomic E-state index is 12.7. The highest BCUT2D eigenvalue weighted by Crippen LogP contribution is 2.34. The summed E-state index contributed by atoms with van der Waals surface area (Å²) in [5.41, 5.74) is 3.18. The van der Waals surface area contributed by atoms with Crippen LogP contribution in [0.2, 0.25) is 0 Å². The molecular weight excluding hydrogens is 334 g/mol. The van der Waals surface area contributed by atoms with E-state index in [1.165, 1.54) is 11.3 Å². The van der Waals surface area contributed by atoms with Crippen molar-refractivity contribution in [1.29, 1.82) is 0 Å². The van der Waals surface area contributed by atoms with Crippen molar-refractivity contribution in [2.75, 3.05) is 6.54 Å². The predicted octanol–water partition coefficient (Wildman–Crippen LogP) is 4.69. The summed E-state index contributed by atoms with van der Waals surface area (Å²) in [6, 6.07) is 21.6. The molecule has 0 bridgehead atoms. The van der Waals surface area contributed by atoms with Gasteiger partial charge in [-0.1, -0.05) is 48.5 Å². The number of nitrogens with zero attached hydrogens (tertiary/aromatic N) is 2. The number of hydrogen-bond acceptors (Lipinski definition) is 2. The van der Waals surface area contributed by atoms with Crippen LogP contribution in [0.3, 0.4) is 0 Å². The standard InChI is InChI=1S/C21H20F2N2O/c22-21(23)26-19-11-5-4-9-17(19)15-25-14-13-24-12-6-10-18(24)20(25)16-7-2-1-3-8-16/h1-12,20-21H,13-15H2. The fourth-order valence-electron chi connectivity index (χ4n) is 3.68. The van der Waals surface area contributed by atoms with Gasteiger partial charge in [-0.3, -0.25) is 4.90 Å². The molecule has 1 aliphatic rings. The summed E-state index contributed by atoms with van der Waals surface area (Å²) >= 11 is 0. The van der Waals surface area contributed by atoms with Gasteiger partial charge in [-0.15, -0.1) is 0 Å². The number of ether oxygens (including phenoxy) is 1. The van der Waals surface area contributed by atoms with E-state index < -0.39 is 6.61 Å². The van der Waals surface area contributed by atoms with Gasteiger partial charge in [0, 0.05) is 37.1 Å². The minimum Gasteiger partial charge on any atom is -0.434 e. The van der Waals surface area contributed by atoms with E-state index in [0.29, 0.717) is 6.54 Å². The van der Waals surface area contributed by atoms with Gasteiger partial charge in [-0.05, 0) is 23.8 Å². The summed E-state index contributed by atoms with van der Waals surface area (Å²) in [6.07, 6.45) is 2.09. The highest BCUT2D eigenvalue weighted by atomic mass is 19.3. The molecule has 0 saturated carbocycles. The minimum atomic E-state index is -2.82. The van der Waals surface area contributed by atoms with E-state index in [1.807, 2.05) is 30.3 Å². The number of para-hydroxylation sites is 1. The Hall–Kier alpha value is -2.66. The first-order chi connectivity index (χ1) is 12.7. The van der Waals surface area contributed by atoms with Crippen LogP contribution in [0.4, 0.5) is 8.78 Å². The van der Waals surface area contributed by atoms with Crippen LogP contribution in [0.25, 0.3) is 0 Å². The van der Waals surface area contributed by atoms with Gasteiger partial charge < -0.3 is 9.30 Å². The maximum absolute atomic E-state index is 12.7. The van der Waals surface area contributed by atoms with Crippen molar-refractivity contribution in [3.05, 3.63) is 89.7 Å². The van der Waals surface area contributed by atoms with Crippen LogP contribution < -0.4 is 4.74 Å². The first-order valence-corrected chi connectivity index (χ1v) is 8.69. The first-order valence-electron chi connectivity index (χ1n) is 8.69. The Bertz CT molecular complexity index is 863. The Morgan fingerprint density at radius 2 is 1.69 bits per heavy atom. The van der Waals surface area contributed by atoms with Crippen molar-refractivity contribution >= 4 is 0 Å². The number of hydrogen-bond donors (Lipinski definition) is 0. The molecule has 26 heavy (non-hydrogen) atoms. The van der Waals surface area contributed by atoms with Crippen molar-refractivity contribution in [3.8, 4) is 5.75 Å². The quantitative estimate of drug-likeness (QED) is 0.661. The molecule has 3 nitrogen and oxygen atoms in total. The minimum absolute atomic E-state index is 0.0829. The molecule has 5 heteroatoms. The van der Waals surface area contributed by atoms with Gasteiger partial charge in [-0.25, -0.2) is 0 Å². The number of alkyl halides is 2. The largest absolute Gasteiger partial charge is 0.434 e. The Morgan fingerprint density at radius 1 is 0.923 bits per heavy atom. The Balaban J connectivity index is 1.68. The third kappa shape index (κ3) is 3.35. The van der Waals surface area contributed by atoms with E-state index in [2.05, 4.69) is 39.9 Å². The number of rotatable bonds is 5. The second-order valence-corrected chi connectivity index (χ2v) is 6.40. The van der Waals surface area contributed by atoms with Gasteiger partial charge in [0.25, 0.3) is 0 Å². The van der Waals surface area contributed by atoms with Crippen LogP contribution in [0.1, 0.15) is 22.9 Å². The predicted molar refractivity (Wildman–Crippen MR) is 96.2 cm³/mol. The van der Waals surface area contributed by atoms with E-state index in [4.69, 9.17) is 4.74 Å². The number of fused-ring (bicyclic) bond motifs is 1. The lowest BCUT2D eigenvalue weighted by Crippen LogP contribution is -2.38. The van der Waals surface area contributed by atoms with Crippen molar-refractivity contribution in [3.63, 3.8) is 0 Å². The summed E-state index contributed by atoms with van der Waals surface area (Å²) in [7, 11) is 0. The molecule has 0 radical (unpaired) electrons. The zero-order valence-electron chi connectivity index (χ0n) is 14.3. The lowest BCUT2D eigenvalue weighted by molar-refractivity contribution is -0.0509. The second kappa shape index (κ2) is 7.30. The van der Waals surface area contributed by atoms with Crippen molar-refractivity contribution < 1.29 is 13.5 Å². The topological polar surface area (TPSA) is 17.4 Å². The highest BCUT2D eigenvalue weighted by Gasteiger charge is 2.29. The summed E-state index contributed by atoms with van der Waals surface area (Å²) in [5, 5.41) is 0. The number of halogens is 2. The fourth-order valence-corrected chi connectivity index (χ4v) is 3.68. The Labute approximate surface area is 151 Å². The lowest BCUT2D eigenvalue weighted by atomic mass is 9.99. The van der Waals surface area contributed by atoms with Crippen LogP contribution in [-0.4, -0.2) is 22.6 Å². The normalized spacial score (nSPS) is 17.3. The summed E-state index contributed by atoms with van der Waals surface area (Å²) in [5.74, 6) is 0.246. The zero-order chi connectivity index (χ0) is 17.9. The molecule has 3 aromatic rings. The average Bonchev–Trinajstić information content (AvgIpc) is 3.12. The first kappa shape index (κ1) is 16.8. The van der Waals surface area contributed by atoms with E-state index in [0.717, 1.165) is 18.7 Å². The third-order valence-corrected chi connectivity index (χ3v) is 4.82. The van der Waals surface area contributed by atoms with Gasteiger partial charge in [-0.2, -0.15) is 8.78 Å². The maximum Gasteiger partial charge on any atom is 0.387 e. The zero-order valence-corrected chi connectivity index (χ0v) is 14.3. The van der Waals surface area contributed by atoms with Crippen LogP contribution in [-0.2, 0) is 13.1 Å². The van der Waals surface area contributed by atoms with E-state index in [1.54, 1.807) is 12.1 Å². The molecule has 1 unspecified atom stereocenters. The third-order valence-electron chi connectivity index (χ3n) is 4.82. The Kier molecular flexibility index (Phi) is 4.71. The highest BCUT2D eigenvalue weighted by molar-refractivity contribution is 5.35. The molecule has 1 atom stereocenters. The summed E-state index contributed by atoms with van der Waals surface area (Å²) < 4.78 is 32.5. The van der Waals surface area contributed by atoms with E-state index >= 15 is 0 Å². The van der Waals surface area contributed by atoms with Crippen LogP contribution in [0, 0.1) is 0 Å². The molecule has 2 heterocycles. The molecule has 0 fully saturated rings. The summed E-state index contributed by atoms with van der Waals surface area (Å²) in [6.45, 7) is -0.554. The smallest absolute Gasteiger partial charge is 0.387 e. The van der Waals surface area contributed by atoms with Gasteiger partial charge in [0.1, 0.15) is 5.75 Å². The molecule has 0 saturated heterocycles. The number of benzene rings is 2. The second-order valence-electron chi connectivity index (χ2n) is 6.40. The van der Waals surface area contributed by atoms with Crippen molar-refractivity contribution in [1.82, 2.24) is 9.47 Å². The average molecular weight is 354 g/mol. The molecule has 0 spiro atoms. The van der Waals surface area contributed by atoms with E-state index in [9.17, 15) is 8.78 Å². The molecule has 2 aromatic carbocycles. The van der Waals surface area contributed by atoms with Crippen LogP contribution in [0.5, 0.6) is 5.75 Å². The molecule has 1 aromatic heterocycles. The SMILES string of the molecule is FC(F)Oc1ccccc1CN1CCn2cccc2C1c1ccccc1. The fraction of sp³-hybridized carbons (Fsp3) is 0.238. The van der Waals surface area contributed by atoms with Crippen LogP contribution >= 0.6 is 0 Å². The lowest BCUT2D eigenvalue weighted by Gasteiger charge is -2.37. The molecule has 0 aliphatic carbocycles. The Morgan fingerprint density at radius 3 is 2.50 bits per heavy atom. The number of aromatic nitrogens is 1. The molecule has 1 aliphatic heterocycles. The van der Waals surface area contributed by atoms with Gasteiger partial charge in [0.2, 0.25) is 0 Å². The van der Waals surface area contributed by atoms with E-state index in [-0.39, 0.29) is 11.8 Å². The molecule has 0 N–H and O–H groups in total.